The van der Waals surface area contributed by atoms with Crippen LogP contribution < -0.4 is 15.0 Å². The summed E-state index contributed by atoms with van der Waals surface area (Å²) < 4.78 is 0. The van der Waals surface area contributed by atoms with Crippen LogP contribution in [0.15, 0.2) is 170 Å². The predicted octanol–water partition coefficient (Wildman–Crippen LogP) is 14.3. The van der Waals surface area contributed by atoms with E-state index in [0.717, 1.165) is 17.8 Å². The molecule has 0 unspecified atom stereocenters. The van der Waals surface area contributed by atoms with Crippen molar-refractivity contribution in [2.45, 2.75) is 52.2 Å². The highest BCUT2D eigenvalue weighted by atomic mass is 28.3. The number of rotatable bonds is 8. The van der Waals surface area contributed by atoms with Crippen LogP contribution in [-0.4, -0.2) is 8.07 Å². The van der Waals surface area contributed by atoms with Crippen LogP contribution in [0.1, 0.15) is 37.5 Å². The number of hydrogen-bond acceptors (Lipinski definition) is 2. The van der Waals surface area contributed by atoms with Crippen molar-refractivity contribution in [2.75, 3.05) is 9.80 Å². The first-order valence-electron chi connectivity index (χ1n) is 19.7. The Morgan fingerprint density at radius 1 is 0.473 bits per heavy atom. The molecule has 0 saturated heterocycles. The van der Waals surface area contributed by atoms with Crippen molar-refractivity contribution < 1.29 is 0 Å². The third-order valence-electron chi connectivity index (χ3n) is 11.8. The third kappa shape index (κ3) is 5.95. The second-order valence-corrected chi connectivity index (χ2v) is 21.6. The summed E-state index contributed by atoms with van der Waals surface area (Å²) in [6, 6.07) is 63.4. The molecule has 55 heavy (non-hydrogen) atoms. The highest BCUT2D eigenvalue weighted by Crippen LogP contribution is 2.56. The lowest BCUT2D eigenvalue weighted by molar-refractivity contribution is 0.661. The molecule has 1 aliphatic rings. The summed E-state index contributed by atoms with van der Waals surface area (Å²) in [7, 11) is -1.44. The van der Waals surface area contributed by atoms with Gasteiger partial charge in [0.1, 0.15) is 0 Å². The molecule has 0 atom stereocenters. The molecular weight excluding hydrogens is 681 g/mol. The molecule has 0 aliphatic heterocycles. The van der Waals surface area contributed by atoms with Crippen molar-refractivity contribution in [1.82, 2.24) is 0 Å². The Labute approximate surface area is 327 Å². The molecule has 0 radical (unpaired) electrons. The van der Waals surface area contributed by atoms with Gasteiger partial charge in [0.15, 0.2) is 0 Å². The third-order valence-corrected chi connectivity index (χ3v) is 13.8. The molecule has 0 N–H and O–H groups in total. The second-order valence-electron chi connectivity index (χ2n) is 16.5. The summed E-state index contributed by atoms with van der Waals surface area (Å²) >= 11 is 0. The van der Waals surface area contributed by atoms with Gasteiger partial charge in [0.2, 0.25) is 0 Å². The molecule has 3 heteroatoms. The van der Waals surface area contributed by atoms with Gasteiger partial charge in [-0.3, -0.25) is 0 Å². The summed E-state index contributed by atoms with van der Waals surface area (Å²) in [5, 5.41) is 6.47. The van der Waals surface area contributed by atoms with E-state index >= 15 is 0 Å². The van der Waals surface area contributed by atoms with Gasteiger partial charge in [-0.1, -0.05) is 155 Å². The molecule has 0 saturated carbocycles. The van der Waals surface area contributed by atoms with Gasteiger partial charge in [0.25, 0.3) is 0 Å². The first kappa shape index (κ1) is 34.8. The number of aryl methyl sites for hydroxylation is 1. The fourth-order valence-electron chi connectivity index (χ4n) is 8.70. The van der Waals surface area contributed by atoms with Crippen LogP contribution in [0.4, 0.5) is 34.1 Å². The number of fused-ring (bicyclic) bond motifs is 6. The van der Waals surface area contributed by atoms with E-state index in [1.54, 1.807) is 0 Å². The lowest BCUT2D eigenvalue weighted by atomic mass is 9.81. The van der Waals surface area contributed by atoms with E-state index in [1.165, 1.54) is 77.3 Å². The van der Waals surface area contributed by atoms with Crippen LogP contribution in [0.2, 0.25) is 19.6 Å². The van der Waals surface area contributed by atoms with Gasteiger partial charge in [-0.2, -0.15) is 0 Å². The Morgan fingerprint density at radius 2 is 1.05 bits per heavy atom. The van der Waals surface area contributed by atoms with Crippen LogP contribution >= 0.6 is 0 Å². The topological polar surface area (TPSA) is 6.48 Å². The summed E-state index contributed by atoms with van der Waals surface area (Å²) in [5.74, 6) is 0. The van der Waals surface area contributed by atoms with Crippen LogP contribution in [0, 0.1) is 0 Å². The van der Waals surface area contributed by atoms with Crippen molar-refractivity contribution in [2.24, 2.45) is 0 Å². The number of hydrogen-bond donors (Lipinski definition) is 0. The summed E-state index contributed by atoms with van der Waals surface area (Å²) in [5.41, 5.74) is 13.5. The maximum Gasteiger partial charge on any atom is 0.0775 e. The minimum Gasteiger partial charge on any atom is -0.310 e. The van der Waals surface area contributed by atoms with Gasteiger partial charge < -0.3 is 9.80 Å². The predicted molar refractivity (Wildman–Crippen MR) is 241 cm³/mol. The highest BCUT2D eigenvalue weighted by Gasteiger charge is 2.38. The van der Waals surface area contributed by atoms with Crippen molar-refractivity contribution in [1.29, 1.82) is 0 Å². The molecule has 9 rings (SSSR count). The van der Waals surface area contributed by atoms with Crippen LogP contribution in [0.3, 0.4) is 0 Å². The Bertz CT molecular complexity index is 2680. The summed E-state index contributed by atoms with van der Waals surface area (Å²) in [6.07, 6.45) is 1.01. The van der Waals surface area contributed by atoms with E-state index in [1.807, 2.05) is 0 Å². The van der Waals surface area contributed by atoms with Crippen molar-refractivity contribution in [3.8, 4) is 11.1 Å². The fourth-order valence-corrected chi connectivity index (χ4v) is 9.87. The van der Waals surface area contributed by atoms with E-state index in [2.05, 4.69) is 220 Å². The van der Waals surface area contributed by atoms with Gasteiger partial charge in [-0.05, 0) is 106 Å². The molecule has 2 nitrogen and oxygen atoms in total. The van der Waals surface area contributed by atoms with Gasteiger partial charge >= 0.3 is 0 Å². The monoisotopic (exact) mass is 728 g/mol. The van der Waals surface area contributed by atoms with Gasteiger partial charge in [-0.15, -0.1) is 0 Å². The standard InChI is InChI=1S/C52H48N2Si/c1-7-36-24-26-40(27-25-36)54(49-23-15-17-37-16-11-12-20-43(37)49)50-35-48-51(45-22-14-13-21-44(45)50)46-33-30-41(34-47(46)52(48,2)3)53(38-18-9-8-10-19-38)39-28-31-42(32-29-39)55(4,5)6/h8-35H,7H2,1-6H3. The van der Waals surface area contributed by atoms with Crippen molar-refractivity contribution in [3.63, 3.8) is 0 Å². The number of nitrogens with zero attached hydrogens (tertiary/aromatic N) is 2. The SMILES string of the molecule is CCc1ccc(N(c2cccc3ccccc23)c2cc3c(c4ccccc24)-c2ccc(N(c4ccccc4)c4ccc([Si](C)(C)C)cc4)cc2C3(C)C)cc1. The first-order chi connectivity index (χ1) is 26.6. The molecule has 8 aromatic rings. The van der Waals surface area contributed by atoms with E-state index < -0.39 is 8.07 Å². The molecule has 0 aromatic heterocycles. The minimum atomic E-state index is -1.44. The van der Waals surface area contributed by atoms with Crippen molar-refractivity contribution in [3.05, 3.63) is 187 Å². The zero-order valence-corrected chi connectivity index (χ0v) is 33.8. The van der Waals surface area contributed by atoms with Crippen LogP contribution in [0.25, 0.3) is 32.7 Å². The smallest absolute Gasteiger partial charge is 0.0775 e. The highest BCUT2D eigenvalue weighted by molar-refractivity contribution is 6.88. The molecule has 270 valence electrons. The quantitative estimate of drug-likeness (QED) is 0.144. The van der Waals surface area contributed by atoms with E-state index in [9.17, 15) is 0 Å². The Hall–Kier alpha value is -5.90. The molecule has 0 spiro atoms. The largest absolute Gasteiger partial charge is 0.310 e. The maximum absolute atomic E-state index is 2.50. The Balaban J connectivity index is 1.25. The van der Waals surface area contributed by atoms with E-state index in [-0.39, 0.29) is 5.41 Å². The van der Waals surface area contributed by atoms with Crippen LogP contribution in [-0.2, 0) is 11.8 Å². The van der Waals surface area contributed by atoms with E-state index in [0.29, 0.717) is 0 Å². The molecule has 8 aromatic carbocycles. The minimum absolute atomic E-state index is 0.250. The van der Waals surface area contributed by atoms with Crippen LogP contribution in [0.5, 0.6) is 0 Å². The second kappa shape index (κ2) is 13.4. The fraction of sp³-hybridized carbons (Fsp3) is 0.154. The number of benzene rings is 8. The molecular formula is C52H48N2Si. The molecule has 1 aliphatic carbocycles. The summed E-state index contributed by atoms with van der Waals surface area (Å²) in [4.78, 5) is 4.91. The van der Waals surface area contributed by atoms with E-state index in [4.69, 9.17) is 0 Å². The molecule has 0 fully saturated rings. The normalized spacial score (nSPS) is 13.1. The Kier molecular flexibility index (Phi) is 8.51. The average Bonchev–Trinajstić information content (AvgIpc) is 3.44. The molecule has 0 amide bonds. The zero-order chi connectivity index (χ0) is 37.9. The van der Waals surface area contributed by atoms with Crippen molar-refractivity contribution >= 4 is 68.9 Å². The number of para-hydroxylation sites is 1. The van der Waals surface area contributed by atoms with Gasteiger partial charge in [0, 0.05) is 38.9 Å². The summed E-state index contributed by atoms with van der Waals surface area (Å²) in [6.45, 7) is 14.3. The average molecular weight is 729 g/mol. The Morgan fingerprint density at radius 3 is 1.76 bits per heavy atom. The number of anilines is 6. The lowest BCUT2D eigenvalue weighted by Gasteiger charge is -2.31. The molecule has 0 bridgehead atoms. The van der Waals surface area contributed by atoms with Gasteiger partial charge in [0.05, 0.1) is 19.4 Å². The zero-order valence-electron chi connectivity index (χ0n) is 32.8. The lowest BCUT2D eigenvalue weighted by Crippen LogP contribution is -2.37. The maximum atomic E-state index is 2.50. The first-order valence-corrected chi connectivity index (χ1v) is 23.2. The van der Waals surface area contributed by atoms with Gasteiger partial charge in [-0.25, -0.2) is 0 Å². The molecule has 0 heterocycles.